The Morgan fingerprint density at radius 1 is 1.22 bits per heavy atom. The minimum atomic E-state index is -0.297. The fourth-order valence-electron chi connectivity index (χ4n) is 1.49. The van der Waals surface area contributed by atoms with E-state index in [4.69, 9.17) is 0 Å². The third-order valence-corrected chi connectivity index (χ3v) is 2.49. The Labute approximate surface area is 104 Å². The summed E-state index contributed by atoms with van der Waals surface area (Å²) in [4.78, 5) is 22.9. The van der Waals surface area contributed by atoms with Gasteiger partial charge in [0, 0.05) is 19.7 Å². The first-order chi connectivity index (χ1) is 8.66. The van der Waals surface area contributed by atoms with E-state index in [1.54, 1.807) is 0 Å². The Kier molecular flexibility index (Phi) is 3.52. The lowest BCUT2D eigenvalue weighted by Crippen LogP contribution is -2.28. The Bertz CT molecular complexity index is 605. The molecule has 0 saturated carbocycles. The lowest BCUT2D eigenvalue weighted by molar-refractivity contribution is 0.0943. The van der Waals surface area contributed by atoms with Crippen molar-refractivity contribution < 1.29 is 4.79 Å². The van der Waals surface area contributed by atoms with Gasteiger partial charge in [0.1, 0.15) is 5.69 Å². The largest absolute Gasteiger partial charge is 0.347 e. The maximum absolute atomic E-state index is 11.8. The second kappa shape index (κ2) is 5.27. The molecule has 0 aliphatic rings. The zero-order valence-corrected chi connectivity index (χ0v) is 9.96. The molecular formula is C13H13N3O2. The highest BCUT2D eigenvalue weighted by molar-refractivity contribution is 5.91. The van der Waals surface area contributed by atoms with Gasteiger partial charge in [-0.2, -0.15) is 5.10 Å². The predicted molar refractivity (Wildman–Crippen MR) is 67.1 cm³/mol. The molecule has 0 bridgehead atoms. The molecule has 0 saturated heterocycles. The summed E-state index contributed by atoms with van der Waals surface area (Å²) in [6.07, 6.45) is 0. The van der Waals surface area contributed by atoms with Gasteiger partial charge in [-0.15, -0.1) is 0 Å². The number of hydrogen-bond acceptors (Lipinski definition) is 3. The molecule has 1 aromatic heterocycles. The van der Waals surface area contributed by atoms with Crippen LogP contribution in [0.2, 0.25) is 0 Å². The van der Waals surface area contributed by atoms with Gasteiger partial charge in [0.15, 0.2) is 0 Å². The highest BCUT2D eigenvalue weighted by Gasteiger charge is 2.07. The lowest BCUT2D eigenvalue weighted by atomic mass is 10.2. The first-order valence-electron chi connectivity index (χ1n) is 5.53. The highest BCUT2D eigenvalue weighted by atomic mass is 16.2. The van der Waals surface area contributed by atoms with Crippen LogP contribution in [-0.2, 0) is 13.6 Å². The van der Waals surface area contributed by atoms with Crippen LogP contribution in [0.3, 0.4) is 0 Å². The van der Waals surface area contributed by atoms with Crippen molar-refractivity contribution in [2.75, 3.05) is 0 Å². The molecule has 18 heavy (non-hydrogen) atoms. The quantitative estimate of drug-likeness (QED) is 0.863. The molecule has 0 fully saturated rings. The van der Waals surface area contributed by atoms with E-state index in [0.29, 0.717) is 6.54 Å². The van der Waals surface area contributed by atoms with Crippen molar-refractivity contribution in [3.05, 3.63) is 64.1 Å². The van der Waals surface area contributed by atoms with Gasteiger partial charge in [-0.25, -0.2) is 4.68 Å². The molecule has 92 valence electrons. The van der Waals surface area contributed by atoms with Crippen molar-refractivity contribution in [3.63, 3.8) is 0 Å². The van der Waals surface area contributed by atoms with Crippen LogP contribution in [0.4, 0.5) is 0 Å². The summed E-state index contributed by atoms with van der Waals surface area (Å²) in [6.45, 7) is 0.435. The number of carbonyl (C=O) groups is 1. The van der Waals surface area contributed by atoms with E-state index >= 15 is 0 Å². The van der Waals surface area contributed by atoms with Gasteiger partial charge >= 0.3 is 0 Å². The van der Waals surface area contributed by atoms with E-state index in [0.717, 1.165) is 10.2 Å². The van der Waals surface area contributed by atoms with Crippen LogP contribution in [-0.4, -0.2) is 15.7 Å². The standard InChI is InChI=1S/C13H13N3O2/c1-16-12(17)8-7-11(15-16)13(18)14-9-10-5-3-2-4-6-10/h2-8H,9H2,1H3,(H,14,18). The molecule has 0 aliphatic heterocycles. The fourth-order valence-corrected chi connectivity index (χ4v) is 1.49. The van der Waals surface area contributed by atoms with Gasteiger partial charge in [-0.3, -0.25) is 9.59 Å². The van der Waals surface area contributed by atoms with Gasteiger partial charge in [0.05, 0.1) is 0 Å². The molecule has 1 aromatic carbocycles. The van der Waals surface area contributed by atoms with Crippen LogP contribution in [0, 0.1) is 0 Å². The molecule has 1 N–H and O–H groups in total. The predicted octanol–water partition coefficient (Wildman–Crippen LogP) is 0.710. The molecule has 0 spiro atoms. The number of amides is 1. The van der Waals surface area contributed by atoms with Gasteiger partial charge in [-0.1, -0.05) is 30.3 Å². The third kappa shape index (κ3) is 2.82. The lowest BCUT2D eigenvalue weighted by Gasteiger charge is -2.05. The number of nitrogens with one attached hydrogen (secondary N) is 1. The highest BCUT2D eigenvalue weighted by Crippen LogP contribution is 1.98. The van der Waals surface area contributed by atoms with Gasteiger partial charge in [-0.05, 0) is 11.6 Å². The van der Waals surface area contributed by atoms with Crippen LogP contribution >= 0.6 is 0 Å². The molecule has 0 atom stereocenters. The molecule has 2 rings (SSSR count). The average Bonchev–Trinajstić information content (AvgIpc) is 2.40. The molecule has 1 heterocycles. The summed E-state index contributed by atoms with van der Waals surface area (Å²) in [5, 5.41) is 6.62. The SMILES string of the molecule is Cn1nc(C(=O)NCc2ccccc2)ccc1=O. The number of aromatic nitrogens is 2. The van der Waals surface area contributed by atoms with E-state index in [2.05, 4.69) is 10.4 Å². The minimum Gasteiger partial charge on any atom is -0.347 e. The van der Waals surface area contributed by atoms with Gasteiger partial charge in [0.25, 0.3) is 11.5 Å². The molecule has 5 heteroatoms. The van der Waals surface area contributed by atoms with Gasteiger partial charge < -0.3 is 5.32 Å². The van der Waals surface area contributed by atoms with Crippen LogP contribution in [0.1, 0.15) is 16.1 Å². The van der Waals surface area contributed by atoms with Crippen molar-refractivity contribution in [1.29, 1.82) is 0 Å². The first kappa shape index (κ1) is 12.0. The Morgan fingerprint density at radius 2 is 1.94 bits per heavy atom. The number of benzene rings is 1. The third-order valence-electron chi connectivity index (χ3n) is 2.49. The molecule has 0 aliphatic carbocycles. The van der Waals surface area contributed by atoms with Gasteiger partial charge in [0.2, 0.25) is 0 Å². The number of aryl methyl sites for hydroxylation is 1. The zero-order valence-electron chi connectivity index (χ0n) is 9.96. The van der Waals surface area contributed by atoms with Crippen LogP contribution in [0.15, 0.2) is 47.3 Å². The summed E-state index contributed by atoms with van der Waals surface area (Å²) in [5.41, 5.74) is 0.998. The van der Waals surface area contributed by atoms with Crippen molar-refractivity contribution in [2.45, 2.75) is 6.54 Å². The normalized spacial score (nSPS) is 10.1. The van der Waals surface area contributed by atoms with Crippen molar-refractivity contribution in [2.24, 2.45) is 7.05 Å². The molecule has 2 aromatic rings. The van der Waals surface area contributed by atoms with E-state index in [1.165, 1.54) is 19.2 Å². The summed E-state index contributed by atoms with van der Waals surface area (Å²) in [6, 6.07) is 12.3. The second-order valence-electron chi connectivity index (χ2n) is 3.85. The summed E-state index contributed by atoms with van der Waals surface area (Å²) < 4.78 is 1.14. The Morgan fingerprint density at radius 3 is 2.61 bits per heavy atom. The van der Waals surface area contributed by atoms with Crippen LogP contribution < -0.4 is 10.9 Å². The van der Waals surface area contributed by atoms with E-state index < -0.39 is 0 Å². The summed E-state index contributed by atoms with van der Waals surface area (Å²) in [7, 11) is 1.51. The summed E-state index contributed by atoms with van der Waals surface area (Å²) >= 11 is 0. The van der Waals surface area contributed by atoms with Crippen molar-refractivity contribution in [3.8, 4) is 0 Å². The molecular weight excluding hydrogens is 230 g/mol. The smallest absolute Gasteiger partial charge is 0.271 e. The number of nitrogens with zero attached hydrogens (tertiary/aromatic N) is 2. The molecule has 0 unspecified atom stereocenters. The maximum Gasteiger partial charge on any atom is 0.271 e. The molecule has 1 amide bonds. The van der Waals surface area contributed by atoms with E-state index in [9.17, 15) is 9.59 Å². The minimum absolute atomic E-state index is 0.230. The number of hydrogen-bond donors (Lipinski definition) is 1. The van der Waals surface area contributed by atoms with Crippen LogP contribution in [0.5, 0.6) is 0 Å². The Hall–Kier alpha value is -2.43. The second-order valence-corrected chi connectivity index (χ2v) is 3.85. The topological polar surface area (TPSA) is 64.0 Å². The zero-order chi connectivity index (χ0) is 13.0. The number of carbonyl (C=O) groups excluding carboxylic acids is 1. The molecule has 0 radical (unpaired) electrons. The van der Waals surface area contributed by atoms with E-state index in [-0.39, 0.29) is 17.2 Å². The monoisotopic (exact) mass is 243 g/mol. The number of rotatable bonds is 3. The molecule has 5 nitrogen and oxygen atoms in total. The fraction of sp³-hybridized carbons (Fsp3) is 0.154. The average molecular weight is 243 g/mol. The van der Waals surface area contributed by atoms with Crippen molar-refractivity contribution in [1.82, 2.24) is 15.1 Å². The van der Waals surface area contributed by atoms with Crippen molar-refractivity contribution >= 4 is 5.91 Å². The maximum atomic E-state index is 11.8. The van der Waals surface area contributed by atoms with Crippen LogP contribution in [0.25, 0.3) is 0 Å². The Balaban J connectivity index is 2.04. The first-order valence-corrected chi connectivity index (χ1v) is 5.53. The summed E-state index contributed by atoms with van der Waals surface area (Å²) in [5.74, 6) is -0.297. The van der Waals surface area contributed by atoms with E-state index in [1.807, 2.05) is 30.3 Å².